The molecule has 0 saturated carbocycles. The zero-order chi connectivity index (χ0) is 18.3. The second kappa shape index (κ2) is 8.72. The minimum atomic E-state index is -1.20. The number of nitrogens with zero attached hydrogens (tertiary/aromatic N) is 1. The molecule has 142 valence electrons. The molecule has 0 aliphatic carbocycles. The van der Waals surface area contributed by atoms with Gasteiger partial charge in [-0.25, -0.2) is 9.78 Å². The lowest BCUT2D eigenvalue weighted by Crippen LogP contribution is -2.67. The van der Waals surface area contributed by atoms with Gasteiger partial charge in [0.15, 0.2) is 11.3 Å². The van der Waals surface area contributed by atoms with E-state index in [9.17, 15) is 9.59 Å². The fourth-order valence-corrected chi connectivity index (χ4v) is 2.33. The van der Waals surface area contributed by atoms with Gasteiger partial charge in [0.05, 0.1) is 33.0 Å². The summed E-state index contributed by atoms with van der Waals surface area (Å²) in [6.07, 6.45) is 3.32. The zero-order valence-corrected chi connectivity index (χ0v) is 14.8. The average molecular weight is 359 g/mol. The molecule has 3 heterocycles. The number of carbonyl (C=O) groups is 2. The molecule has 0 aromatic carbocycles. The second-order valence-electron chi connectivity index (χ2n) is 5.99. The fraction of sp³-hybridized carbons (Fsp3) is 0.750. The number of fused-ring (bicyclic) bond motifs is 2. The first-order valence-electron chi connectivity index (χ1n) is 8.11. The summed E-state index contributed by atoms with van der Waals surface area (Å²) in [7, 11) is 1.60. The van der Waals surface area contributed by atoms with E-state index in [0.29, 0.717) is 26.4 Å². The molecule has 3 aliphatic heterocycles. The van der Waals surface area contributed by atoms with Crippen molar-refractivity contribution < 1.29 is 38.3 Å². The predicted octanol–water partition coefficient (Wildman–Crippen LogP) is 0.0443. The Kier molecular flexibility index (Phi) is 6.91. The van der Waals surface area contributed by atoms with Crippen LogP contribution < -0.4 is 0 Å². The molecule has 25 heavy (non-hydrogen) atoms. The molecule has 0 spiro atoms. The summed E-state index contributed by atoms with van der Waals surface area (Å²) in [4.78, 5) is 35.9. The Bertz CT molecular complexity index is 510. The first kappa shape index (κ1) is 19.8. The highest BCUT2D eigenvalue weighted by atomic mass is 17.2. The Morgan fingerprint density at radius 1 is 1.04 bits per heavy atom. The lowest BCUT2D eigenvalue weighted by Gasteiger charge is -2.49. The Morgan fingerprint density at radius 3 is 2.28 bits per heavy atom. The molecule has 0 aromatic heterocycles. The van der Waals surface area contributed by atoms with Crippen LogP contribution in [-0.4, -0.2) is 81.4 Å². The van der Waals surface area contributed by atoms with Crippen LogP contribution in [0, 0.1) is 0 Å². The minimum Gasteiger partial charge on any atom is -0.462 e. The van der Waals surface area contributed by atoms with Gasteiger partial charge in [-0.1, -0.05) is 0 Å². The molecular weight excluding hydrogens is 334 g/mol. The van der Waals surface area contributed by atoms with E-state index in [-0.39, 0.29) is 25.7 Å². The van der Waals surface area contributed by atoms with Crippen molar-refractivity contribution in [1.82, 2.24) is 4.90 Å². The van der Waals surface area contributed by atoms with E-state index in [2.05, 4.69) is 0 Å². The highest BCUT2D eigenvalue weighted by Crippen LogP contribution is 2.37. The molecule has 2 atom stereocenters. The van der Waals surface area contributed by atoms with E-state index < -0.39 is 17.3 Å². The second-order valence-corrected chi connectivity index (χ2v) is 5.99. The van der Waals surface area contributed by atoms with Crippen LogP contribution in [0.4, 0.5) is 0 Å². The largest absolute Gasteiger partial charge is 0.462 e. The number of hydrogen-bond acceptors (Lipinski definition) is 8. The van der Waals surface area contributed by atoms with Crippen LogP contribution in [-0.2, 0) is 38.3 Å². The summed E-state index contributed by atoms with van der Waals surface area (Å²) in [5.41, 5.74) is -2.31. The number of esters is 1. The summed E-state index contributed by atoms with van der Waals surface area (Å²) >= 11 is 0. The standard InChI is InChI=1S/C16H25NO8/c1-15-4-5-16(2,25-24-15)17(14(15)19)12-13(18)23-11-10-22-9-8-21-7-6-20-3/h4-5H,6-12H2,1-3H3/t15-,16+/m1/s1. The Morgan fingerprint density at radius 2 is 1.68 bits per heavy atom. The average Bonchev–Trinajstić information content (AvgIpc) is 2.59. The third kappa shape index (κ3) is 4.99. The smallest absolute Gasteiger partial charge is 0.325 e. The molecule has 1 amide bonds. The molecule has 0 unspecified atom stereocenters. The van der Waals surface area contributed by atoms with Crippen molar-refractivity contribution in [2.45, 2.75) is 25.2 Å². The maximum absolute atomic E-state index is 12.4. The highest BCUT2D eigenvalue weighted by molar-refractivity contribution is 5.92. The van der Waals surface area contributed by atoms with E-state index in [1.807, 2.05) is 0 Å². The number of hydrogen-bond donors (Lipinski definition) is 0. The summed E-state index contributed by atoms with van der Waals surface area (Å²) in [5, 5.41) is 0. The molecule has 9 heteroatoms. The molecule has 0 aromatic rings. The van der Waals surface area contributed by atoms with Gasteiger partial charge in [-0.05, 0) is 26.0 Å². The quantitative estimate of drug-likeness (QED) is 0.221. The number of amides is 1. The molecule has 2 bridgehead atoms. The van der Waals surface area contributed by atoms with Gasteiger partial charge in [-0.3, -0.25) is 14.5 Å². The molecule has 0 radical (unpaired) electrons. The van der Waals surface area contributed by atoms with Crippen molar-refractivity contribution in [2.24, 2.45) is 0 Å². The van der Waals surface area contributed by atoms with Gasteiger partial charge in [-0.15, -0.1) is 0 Å². The van der Waals surface area contributed by atoms with Gasteiger partial charge >= 0.3 is 5.97 Å². The van der Waals surface area contributed by atoms with Crippen LogP contribution in [0.25, 0.3) is 0 Å². The zero-order valence-electron chi connectivity index (χ0n) is 14.8. The first-order chi connectivity index (χ1) is 11.9. The number of ether oxygens (including phenoxy) is 4. The van der Waals surface area contributed by atoms with Gasteiger partial charge in [0.1, 0.15) is 13.2 Å². The van der Waals surface area contributed by atoms with E-state index in [1.165, 1.54) is 4.90 Å². The van der Waals surface area contributed by atoms with Crippen LogP contribution in [0.1, 0.15) is 13.8 Å². The molecular formula is C16H25NO8. The number of rotatable bonds is 11. The predicted molar refractivity (Wildman–Crippen MR) is 84.3 cm³/mol. The van der Waals surface area contributed by atoms with Crippen LogP contribution in [0.5, 0.6) is 0 Å². The Hall–Kier alpha value is -1.52. The van der Waals surface area contributed by atoms with Crippen molar-refractivity contribution >= 4 is 11.9 Å². The fourth-order valence-electron chi connectivity index (χ4n) is 2.33. The Balaban J connectivity index is 1.63. The van der Waals surface area contributed by atoms with Gasteiger partial charge < -0.3 is 18.9 Å². The minimum absolute atomic E-state index is 0.0973. The van der Waals surface area contributed by atoms with Crippen molar-refractivity contribution in [1.29, 1.82) is 0 Å². The molecule has 9 nitrogen and oxygen atoms in total. The van der Waals surface area contributed by atoms with Crippen LogP contribution in [0.3, 0.4) is 0 Å². The first-order valence-corrected chi connectivity index (χ1v) is 8.11. The van der Waals surface area contributed by atoms with Crippen LogP contribution in [0.15, 0.2) is 12.2 Å². The molecule has 0 N–H and O–H groups in total. The van der Waals surface area contributed by atoms with Gasteiger partial charge in [0.2, 0.25) is 0 Å². The van der Waals surface area contributed by atoms with Gasteiger partial charge in [-0.2, -0.15) is 0 Å². The third-order valence-electron chi connectivity index (χ3n) is 3.88. The summed E-state index contributed by atoms with van der Waals surface area (Å²) < 4.78 is 20.4. The third-order valence-corrected chi connectivity index (χ3v) is 3.88. The maximum atomic E-state index is 12.4. The van der Waals surface area contributed by atoms with Gasteiger partial charge in [0.25, 0.3) is 5.91 Å². The molecule has 3 aliphatic rings. The maximum Gasteiger partial charge on any atom is 0.325 e. The molecule has 3 rings (SSSR count). The topological polar surface area (TPSA) is 92.8 Å². The summed E-state index contributed by atoms with van der Waals surface area (Å²) in [6, 6.07) is 0. The normalized spacial score (nSPS) is 27.8. The van der Waals surface area contributed by atoms with Crippen molar-refractivity contribution in [3.8, 4) is 0 Å². The van der Waals surface area contributed by atoms with Crippen molar-refractivity contribution in [3.63, 3.8) is 0 Å². The van der Waals surface area contributed by atoms with Crippen molar-refractivity contribution in [2.75, 3.05) is 53.3 Å². The van der Waals surface area contributed by atoms with Crippen LogP contribution in [0.2, 0.25) is 0 Å². The van der Waals surface area contributed by atoms with E-state index in [0.717, 1.165) is 0 Å². The van der Waals surface area contributed by atoms with E-state index in [4.69, 9.17) is 28.7 Å². The summed E-state index contributed by atoms with van der Waals surface area (Å²) in [5.74, 6) is -0.882. The lowest BCUT2D eigenvalue weighted by atomic mass is 9.94. The summed E-state index contributed by atoms with van der Waals surface area (Å²) in [6.45, 7) is 5.23. The molecule has 1 fully saturated rings. The Labute approximate surface area is 146 Å². The van der Waals surface area contributed by atoms with Crippen LogP contribution >= 0.6 is 0 Å². The monoisotopic (exact) mass is 359 g/mol. The van der Waals surface area contributed by atoms with E-state index >= 15 is 0 Å². The lowest BCUT2D eigenvalue weighted by molar-refractivity contribution is -0.431. The van der Waals surface area contributed by atoms with Gasteiger partial charge in [0, 0.05) is 7.11 Å². The number of methoxy groups -OCH3 is 1. The van der Waals surface area contributed by atoms with Crippen molar-refractivity contribution in [3.05, 3.63) is 12.2 Å². The highest BCUT2D eigenvalue weighted by Gasteiger charge is 2.55. The number of carbonyl (C=O) groups excluding carboxylic acids is 2. The van der Waals surface area contributed by atoms with E-state index in [1.54, 1.807) is 33.1 Å². The SMILES string of the molecule is COCCOCCOCCOC(=O)CN1C(=O)[C@@]2(C)C=C[C@]1(C)OO2. The molecule has 1 saturated heterocycles.